The number of morpholine rings is 1. The maximum Gasteiger partial charge on any atom is 0.220 e. The molecule has 1 aliphatic rings. The molecule has 2 aromatic carbocycles. The average Bonchev–Trinajstić information content (AvgIpc) is 3.24. The van der Waals surface area contributed by atoms with Gasteiger partial charge in [-0.25, -0.2) is 4.98 Å². The summed E-state index contributed by atoms with van der Waals surface area (Å²) in [6.07, 6.45) is 3.31. The number of nitrogens with zero attached hydrogens (tertiary/aromatic N) is 2. The van der Waals surface area contributed by atoms with Crippen molar-refractivity contribution in [3.63, 3.8) is 0 Å². The number of rotatable bonds is 11. The topological polar surface area (TPSA) is 63.7 Å². The molecule has 1 fully saturated rings. The van der Waals surface area contributed by atoms with Gasteiger partial charge in [-0.2, -0.15) is 0 Å². The van der Waals surface area contributed by atoms with Crippen LogP contribution in [-0.4, -0.2) is 55.2 Å². The molecule has 4 rings (SSSR count). The minimum Gasteiger partial charge on any atom is -0.492 e. The van der Waals surface area contributed by atoms with Crippen LogP contribution in [0, 0.1) is 0 Å². The Bertz CT molecular complexity index is 968. The van der Waals surface area contributed by atoms with E-state index in [0.29, 0.717) is 19.6 Å². The molecule has 32 heavy (non-hydrogen) atoms. The Morgan fingerprint density at radius 2 is 2.00 bits per heavy atom. The van der Waals surface area contributed by atoms with Crippen LogP contribution in [0.5, 0.6) is 5.75 Å². The summed E-state index contributed by atoms with van der Waals surface area (Å²) in [4.78, 5) is 19.2. The predicted molar refractivity (Wildman–Crippen MR) is 128 cm³/mol. The molecule has 7 heteroatoms. The van der Waals surface area contributed by atoms with Crippen LogP contribution in [0.3, 0.4) is 0 Å². The molecule has 0 radical (unpaired) electrons. The minimum atomic E-state index is 0.0907. The first kappa shape index (κ1) is 22.7. The van der Waals surface area contributed by atoms with Gasteiger partial charge in [-0.1, -0.05) is 24.3 Å². The van der Waals surface area contributed by atoms with E-state index in [4.69, 9.17) is 9.47 Å². The van der Waals surface area contributed by atoms with Gasteiger partial charge in [0.2, 0.25) is 5.91 Å². The quantitative estimate of drug-likeness (QED) is 0.444. The number of amides is 1. The zero-order valence-corrected chi connectivity index (χ0v) is 19.2. The zero-order chi connectivity index (χ0) is 22.0. The van der Waals surface area contributed by atoms with E-state index in [1.54, 1.807) is 11.3 Å². The summed E-state index contributed by atoms with van der Waals surface area (Å²) in [7, 11) is 0. The third-order valence-corrected chi connectivity index (χ3v) is 6.65. The molecule has 0 unspecified atom stereocenters. The first-order chi connectivity index (χ1) is 15.8. The van der Waals surface area contributed by atoms with Crippen LogP contribution < -0.4 is 10.1 Å². The fourth-order valence-electron chi connectivity index (χ4n) is 3.74. The Kier molecular flexibility index (Phi) is 8.48. The standard InChI is InChI=1S/C25H31N3O3S/c29-24(10-3-4-11-25-27-22-8-1-2-9-23(22)32-25)26-19-20-6-5-7-21(18-20)31-17-14-28-12-15-30-16-13-28/h1-2,5-9,18H,3-4,10-17,19H2,(H,26,29). The van der Waals surface area contributed by atoms with Gasteiger partial charge < -0.3 is 14.8 Å². The lowest BCUT2D eigenvalue weighted by Crippen LogP contribution is -2.38. The number of thiazole rings is 1. The summed E-state index contributed by atoms with van der Waals surface area (Å²) in [5.41, 5.74) is 2.12. The summed E-state index contributed by atoms with van der Waals surface area (Å²) >= 11 is 1.75. The van der Waals surface area contributed by atoms with E-state index in [2.05, 4.69) is 21.3 Å². The number of fused-ring (bicyclic) bond motifs is 1. The second kappa shape index (κ2) is 11.9. The third-order valence-electron chi connectivity index (χ3n) is 5.55. The molecule has 170 valence electrons. The van der Waals surface area contributed by atoms with E-state index in [1.165, 1.54) is 4.70 Å². The molecule has 1 amide bonds. The normalized spacial score (nSPS) is 14.5. The molecular weight excluding hydrogens is 422 g/mol. The van der Waals surface area contributed by atoms with Gasteiger partial charge in [0.05, 0.1) is 28.4 Å². The molecule has 0 aliphatic carbocycles. The molecule has 1 aromatic heterocycles. The molecule has 1 saturated heterocycles. The van der Waals surface area contributed by atoms with Crippen molar-refractivity contribution in [2.24, 2.45) is 0 Å². The number of nitrogens with one attached hydrogen (secondary N) is 1. The summed E-state index contributed by atoms with van der Waals surface area (Å²) in [5.74, 6) is 0.939. The SMILES string of the molecule is O=C(CCCCc1nc2ccccc2s1)NCc1cccc(OCCN2CCOCC2)c1. The van der Waals surface area contributed by atoms with E-state index in [-0.39, 0.29) is 5.91 Å². The van der Waals surface area contributed by atoms with Gasteiger partial charge in [-0.15, -0.1) is 11.3 Å². The van der Waals surface area contributed by atoms with Crippen LogP contribution in [0.2, 0.25) is 0 Å². The van der Waals surface area contributed by atoms with Crippen LogP contribution >= 0.6 is 11.3 Å². The maximum atomic E-state index is 12.2. The van der Waals surface area contributed by atoms with Gasteiger partial charge in [-0.05, 0) is 49.1 Å². The Labute approximate surface area is 193 Å². The molecule has 0 spiro atoms. The summed E-state index contributed by atoms with van der Waals surface area (Å²) < 4.78 is 12.5. The number of carbonyl (C=O) groups is 1. The van der Waals surface area contributed by atoms with Gasteiger partial charge in [0.1, 0.15) is 12.4 Å². The molecular formula is C25H31N3O3S. The fraction of sp³-hybridized carbons (Fsp3) is 0.440. The molecule has 1 aliphatic heterocycles. The molecule has 1 N–H and O–H groups in total. The van der Waals surface area contributed by atoms with E-state index in [1.807, 2.05) is 42.5 Å². The van der Waals surface area contributed by atoms with Crippen LogP contribution in [0.25, 0.3) is 10.2 Å². The number of hydrogen-bond donors (Lipinski definition) is 1. The van der Waals surface area contributed by atoms with Crippen molar-refractivity contribution in [2.45, 2.75) is 32.2 Å². The van der Waals surface area contributed by atoms with Crippen molar-refractivity contribution in [3.05, 3.63) is 59.1 Å². The predicted octanol–water partition coefficient (Wildman–Crippen LogP) is 4.04. The lowest BCUT2D eigenvalue weighted by molar-refractivity contribution is -0.121. The molecule has 0 saturated carbocycles. The Balaban J connectivity index is 1.12. The highest BCUT2D eigenvalue weighted by Crippen LogP contribution is 2.23. The first-order valence-corrected chi connectivity index (χ1v) is 12.2. The highest BCUT2D eigenvalue weighted by molar-refractivity contribution is 7.18. The van der Waals surface area contributed by atoms with Crippen LogP contribution in [0.1, 0.15) is 29.8 Å². The number of benzene rings is 2. The highest BCUT2D eigenvalue weighted by Gasteiger charge is 2.10. The van der Waals surface area contributed by atoms with E-state index in [9.17, 15) is 4.79 Å². The van der Waals surface area contributed by atoms with Gasteiger partial charge in [0.15, 0.2) is 0 Å². The average molecular weight is 454 g/mol. The Hall–Kier alpha value is -2.48. The largest absolute Gasteiger partial charge is 0.492 e. The number of aromatic nitrogens is 1. The van der Waals surface area contributed by atoms with Crippen molar-refractivity contribution in [2.75, 3.05) is 39.5 Å². The second-order valence-electron chi connectivity index (χ2n) is 8.01. The number of aryl methyl sites for hydroxylation is 1. The van der Waals surface area contributed by atoms with Crippen LogP contribution in [0.15, 0.2) is 48.5 Å². The molecule has 0 atom stereocenters. The minimum absolute atomic E-state index is 0.0907. The Morgan fingerprint density at radius 3 is 2.88 bits per heavy atom. The van der Waals surface area contributed by atoms with E-state index < -0.39 is 0 Å². The number of unbranched alkanes of at least 4 members (excludes halogenated alkanes) is 1. The molecule has 2 heterocycles. The van der Waals surface area contributed by atoms with Crippen molar-refractivity contribution in [1.29, 1.82) is 0 Å². The Morgan fingerprint density at radius 1 is 1.12 bits per heavy atom. The van der Waals surface area contributed by atoms with Gasteiger partial charge >= 0.3 is 0 Å². The monoisotopic (exact) mass is 453 g/mol. The first-order valence-electron chi connectivity index (χ1n) is 11.4. The van der Waals surface area contributed by atoms with E-state index in [0.717, 1.165) is 73.9 Å². The molecule has 0 bridgehead atoms. The zero-order valence-electron chi connectivity index (χ0n) is 18.4. The van der Waals surface area contributed by atoms with Gasteiger partial charge in [0.25, 0.3) is 0 Å². The number of carbonyl (C=O) groups excluding carboxylic acids is 1. The lowest BCUT2D eigenvalue weighted by Gasteiger charge is -2.26. The summed E-state index contributed by atoms with van der Waals surface area (Å²) in [6, 6.07) is 16.2. The van der Waals surface area contributed by atoms with Crippen molar-refractivity contribution >= 4 is 27.5 Å². The van der Waals surface area contributed by atoms with Gasteiger partial charge in [-0.3, -0.25) is 9.69 Å². The number of para-hydroxylation sites is 1. The van der Waals surface area contributed by atoms with Crippen molar-refractivity contribution in [1.82, 2.24) is 15.2 Å². The van der Waals surface area contributed by atoms with Crippen LogP contribution in [0.4, 0.5) is 0 Å². The van der Waals surface area contributed by atoms with Crippen LogP contribution in [-0.2, 0) is 22.5 Å². The number of hydrogen-bond acceptors (Lipinski definition) is 6. The maximum absolute atomic E-state index is 12.2. The van der Waals surface area contributed by atoms with E-state index >= 15 is 0 Å². The highest BCUT2D eigenvalue weighted by atomic mass is 32.1. The van der Waals surface area contributed by atoms with Gasteiger partial charge in [0, 0.05) is 32.6 Å². The number of ether oxygens (including phenoxy) is 2. The lowest BCUT2D eigenvalue weighted by atomic mass is 10.2. The second-order valence-corrected chi connectivity index (χ2v) is 9.12. The third kappa shape index (κ3) is 7.02. The summed E-state index contributed by atoms with van der Waals surface area (Å²) in [6.45, 7) is 5.63. The molecule has 6 nitrogen and oxygen atoms in total. The molecule has 3 aromatic rings. The fourth-order valence-corrected chi connectivity index (χ4v) is 4.75. The van der Waals surface area contributed by atoms with Crippen molar-refractivity contribution in [3.8, 4) is 5.75 Å². The summed E-state index contributed by atoms with van der Waals surface area (Å²) in [5, 5.41) is 4.17. The smallest absolute Gasteiger partial charge is 0.220 e. The van der Waals surface area contributed by atoms with Crippen molar-refractivity contribution < 1.29 is 14.3 Å².